The highest BCUT2D eigenvalue weighted by Gasteiger charge is 2.67. The Morgan fingerprint density at radius 1 is 1.19 bits per heavy atom. The maximum Gasteiger partial charge on any atom is 0.228 e. The molecule has 1 aromatic carbocycles. The van der Waals surface area contributed by atoms with E-state index in [4.69, 9.17) is 10.9 Å². The van der Waals surface area contributed by atoms with Crippen LogP contribution in [0.5, 0.6) is 0 Å². The van der Waals surface area contributed by atoms with Gasteiger partial charge in [-0.1, -0.05) is 5.16 Å². The van der Waals surface area contributed by atoms with Gasteiger partial charge in [-0.2, -0.15) is 0 Å². The van der Waals surface area contributed by atoms with Crippen LogP contribution in [-0.4, -0.2) is 17.0 Å². The molecule has 0 heterocycles. The minimum absolute atomic E-state index is 0.0705. The van der Waals surface area contributed by atoms with E-state index in [1.807, 2.05) is 0 Å². The van der Waals surface area contributed by atoms with E-state index < -0.39 is 0 Å². The predicted octanol–water partition coefficient (Wildman–Crippen LogP) is 2.01. The van der Waals surface area contributed by atoms with Crippen LogP contribution in [0.2, 0.25) is 0 Å². The number of carbonyl (C=O) groups excluding carboxylic acids is 1. The monoisotopic (exact) mass is 285 g/mol. The molecule has 3 aliphatic carbocycles. The standard InChI is InChI=1S/C16H19N3O2/c17-15(19-21)8-3-5-11(6-4-8)18-16(20)14-12-9-1-2-10(7-9)13(12)14/h3-6,9-10,12-14,21H,1-2,7H2,(H2,17,19)(H,18,20). The third kappa shape index (κ3) is 1.91. The van der Waals surface area contributed by atoms with Gasteiger partial charge in [0, 0.05) is 17.2 Å². The van der Waals surface area contributed by atoms with Crippen LogP contribution >= 0.6 is 0 Å². The minimum Gasteiger partial charge on any atom is -0.409 e. The fraction of sp³-hybridized carbons (Fsp3) is 0.500. The van der Waals surface area contributed by atoms with Crippen LogP contribution in [0.25, 0.3) is 0 Å². The number of rotatable bonds is 3. The van der Waals surface area contributed by atoms with E-state index in [0.29, 0.717) is 17.4 Å². The van der Waals surface area contributed by atoms with Crippen molar-refractivity contribution >= 4 is 17.4 Å². The number of hydrogen-bond acceptors (Lipinski definition) is 3. The topological polar surface area (TPSA) is 87.7 Å². The van der Waals surface area contributed by atoms with E-state index in [-0.39, 0.29) is 17.7 Å². The van der Waals surface area contributed by atoms with Gasteiger partial charge in [0.2, 0.25) is 5.91 Å². The smallest absolute Gasteiger partial charge is 0.228 e. The van der Waals surface area contributed by atoms with Crippen molar-refractivity contribution < 1.29 is 10.0 Å². The molecule has 2 bridgehead atoms. The van der Waals surface area contributed by atoms with Gasteiger partial charge in [-0.3, -0.25) is 4.79 Å². The molecule has 3 aliphatic rings. The van der Waals surface area contributed by atoms with E-state index >= 15 is 0 Å². The fourth-order valence-electron chi connectivity index (χ4n) is 4.68. The van der Waals surface area contributed by atoms with Gasteiger partial charge < -0.3 is 16.3 Å². The number of nitrogens with two attached hydrogens (primary N) is 1. The van der Waals surface area contributed by atoms with Crippen LogP contribution in [0.15, 0.2) is 29.4 Å². The maximum atomic E-state index is 12.4. The van der Waals surface area contributed by atoms with Gasteiger partial charge in [0.05, 0.1) is 0 Å². The SMILES string of the molecule is N/C(=N/O)c1ccc(NC(=O)C2C3C4CCC(C4)C23)cc1. The number of fused-ring (bicyclic) bond motifs is 5. The summed E-state index contributed by atoms with van der Waals surface area (Å²) in [7, 11) is 0. The Labute approximate surface area is 123 Å². The van der Waals surface area contributed by atoms with Crippen LogP contribution in [0.3, 0.4) is 0 Å². The summed E-state index contributed by atoms with van der Waals surface area (Å²) in [5.74, 6) is 3.39. The Bertz CT molecular complexity index is 594. The maximum absolute atomic E-state index is 12.4. The highest BCUT2D eigenvalue weighted by Crippen LogP contribution is 2.69. The van der Waals surface area contributed by atoms with E-state index in [0.717, 1.165) is 17.5 Å². The minimum atomic E-state index is 0.0705. The summed E-state index contributed by atoms with van der Waals surface area (Å²) < 4.78 is 0. The molecule has 21 heavy (non-hydrogen) atoms. The fourth-order valence-corrected chi connectivity index (χ4v) is 4.68. The van der Waals surface area contributed by atoms with Crippen molar-refractivity contribution in [2.24, 2.45) is 40.5 Å². The molecule has 0 radical (unpaired) electrons. The summed E-state index contributed by atoms with van der Waals surface area (Å²) in [5.41, 5.74) is 6.92. The molecule has 0 spiro atoms. The van der Waals surface area contributed by atoms with Crippen molar-refractivity contribution in [3.8, 4) is 0 Å². The first-order chi connectivity index (χ1) is 10.2. The number of nitrogens with zero attached hydrogens (tertiary/aromatic N) is 1. The molecule has 0 aliphatic heterocycles. The number of amides is 1. The first-order valence-corrected chi connectivity index (χ1v) is 7.58. The molecule has 4 N–H and O–H groups in total. The lowest BCUT2D eigenvalue weighted by atomic mass is 10.0. The van der Waals surface area contributed by atoms with Crippen molar-refractivity contribution in [1.29, 1.82) is 0 Å². The Morgan fingerprint density at radius 3 is 2.38 bits per heavy atom. The lowest BCUT2D eigenvalue weighted by molar-refractivity contribution is -0.118. The first-order valence-electron chi connectivity index (χ1n) is 7.58. The van der Waals surface area contributed by atoms with Crippen LogP contribution in [0.1, 0.15) is 24.8 Å². The Kier molecular flexibility index (Phi) is 2.71. The highest BCUT2D eigenvalue weighted by atomic mass is 16.4. The van der Waals surface area contributed by atoms with Gasteiger partial charge in [0.1, 0.15) is 0 Å². The van der Waals surface area contributed by atoms with E-state index in [9.17, 15) is 4.79 Å². The van der Waals surface area contributed by atoms with Crippen LogP contribution in [0.4, 0.5) is 5.69 Å². The molecular weight excluding hydrogens is 266 g/mol. The quantitative estimate of drug-likeness (QED) is 0.343. The van der Waals surface area contributed by atoms with Gasteiger partial charge in [0.25, 0.3) is 0 Å². The molecule has 1 amide bonds. The average Bonchev–Trinajstić information content (AvgIpc) is 2.96. The molecule has 4 unspecified atom stereocenters. The first kappa shape index (κ1) is 12.7. The molecule has 0 aromatic heterocycles. The molecule has 3 fully saturated rings. The number of hydrogen-bond donors (Lipinski definition) is 3. The number of oxime groups is 1. The molecule has 1 aromatic rings. The Balaban J connectivity index is 1.42. The Morgan fingerprint density at radius 2 is 1.81 bits per heavy atom. The third-order valence-electron chi connectivity index (χ3n) is 5.59. The van der Waals surface area contributed by atoms with Crippen molar-refractivity contribution in [1.82, 2.24) is 0 Å². The summed E-state index contributed by atoms with van der Waals surface area (Å²) in [5, 5.41) is 14.6. The third-order valence-corrected chi connectivity index (χ3v) is 5.59. The summed E-state index contributed by atoms with van der Waals surface area (Å²) in [6.07, 6.45) is 4.00. The van der Waals surface area contributed by atoms with Crippen molar-refractivity contribution in [3.63, 3.8) is 0 Å². The second-order valence-corrected chi connectivity index (χ2v) is 6.57. The van der Waals surface area contributed by atoms with E-state index in [1.54, 1.807) is 24.3 Å². The van der Waals surface area contributed by atoms with Gasteiger partial charge in [0.15, 0.2) is 5.84 Å². The normalized spacial score (nSPS) is 36.4. The molecule has 4 atom stereocenters. The van der Waals surface area contributed by atoms with Gasteiger partial charge >= 0.3 is 0 Å². The van der Waals surface area contributed by atoms with Crippen molar-refractivity contribution in [2.75, 3.05) is 5.32 Å². The number of nitrogens with one attached hydrogen (secondary N) is 1. The summed E-state index contributed by atoms with van der Waals surface area (Å²) in [6, 6.07) is 7.06. The molecule has 3 saturated carbocycles. The lowest BCUT2D eigenvalue weighted by Gasteiger charge is -2.10. The number of benzene rings is 1. The summed E-state index contributed by atoms with van der Waals surface area (Å²) in [4.78, 5) is 12.4. The second-order valence-electron chi connectivity index (χ2n) is 6.57. The highest BCUT2D eigenvalue weighted by molar-refractivity contribution is 5.98. The van der Waals surface area contributed by atoms with Crippen molar-refractivity contribution in [3.05, 3.63) is 29.8 Å². The lowest BCUT2D eigenvalue weighted by Crippen LogP contribution is -2.19. The zero-order chi connectivity index (χ0) is 14.6. The second kappa shape index (κ2) is 4.48. The number of amidine groups is 1. The summed E-state index contributed by atoms with van der Waals surface area (Å²) >= 11 is 0. The summed E-state index contributed by atoms with van der Waals surface area (Å²) in [6.45, 7) is 0. The molecule has 5 nitrogen and oxygen atoms in total. The van der Waals surface area contributed by atoms with E-state index in [1.165, 1.54) is 19.3 Å². The Hall–Kier alpha value is -2.04. The molecule has 0 saturated heterocycles. The zero-order valence-corrected chi connectivity index (χ0v) is 11.7. The predicted molar refractivity (Wildman–Crippen MR) is 78.9 cm³/mol. The van der Waals surface area contributed by atoms with Gasteiger partial charge in [-0.25, -0.2) is 0 Å². The molecule has 5 heteroatoms. The average molecular weight is 285 g/mol. The molecule has 4 rings (SSSR count). The van der Waals surface area contributed by atoms with Gasteiger partial charge in [-0.15, -0.1) is 0 Å². The van der Waals surface area contributed by atoms with Gasteiger partial charge in [-0.05, 0) is 67.2 Å². The van der Waals surface area contributed by atoms with Crippen LogP contribution < -0.4 is 11.1 Å². The molecular formula is C16H19N3O2. The molecule has 110 valence electrons. The zero-order valence-electron chi connectivity index (χ0n) is 11.7. The largest absolute Gasteiger partial charge is 0.409 e. The van der Waals surface area contributed by atoms with E-state index in [2.05, 4.69) is 10.5 Å². The van der Waals surface area contributed by atoms with Crippen molar-refractivity contribution in [2.45, 2.75) is 19.3 Å². The number of carbonyl (C=O) groups is 1. The van der Waals surface area contributed by atoms with Crippen LogP contribution in [0, 0.1) is 29.6 Å². The van der Waals surface area contributed by atoms with Crippen LogP contribution in [-0.2, 0) is 4.79 Å². The number of anilines is 1.